The normalized spacial score (nSPS) is 22.0. The number of amides is 1. The molecule has 1 amide bonds. The van der Waals surface area contributed by atoms with Crippen molar-refractivity contribution in [2.24, 2.45) is 5.92 Å². The van der Waals surface area contributed by atoms with Gasteiger partial charge in [0.1, 0.15) is 6.10 Å². The Kier molecular flexibility index (Phi) is 5.13. The SMILES string of the molecule is COc1cc(C(=O)N2C[C@@H](c3ccccc3)O[C@@H](C3CC3)C2)cc(OC)c1O. The molecule has 6 nitrogen and oxygen atoms in total. The van der Waals surface area contributed by atoms with E-state index in [1.54, 1.807) is 12.1 Å². The summed E-state index contributed by atoms with van der Waals surface area (Å²) in [5.41, 5.74) is 1.50. The first-order valence-electron chi connectivity index (χ1n) is 9.55. The number of aromatic hydroxyl groups is 1. The van der Waals surface area contributed by atoms with Gasteiger partial charge >= 0.3 is 0 Å². The first-order chi connectivity index (χ1) is 13.6. The van der Waals surface area contributed by atoms with Gasteiger partial charge in [0.05, 0.1) is 26.9 Å². The van der Waals surface area contributed by atoms with Crippen molar-refractivity contribution in [3.05, 3.63) is 53.6 Å². The molecule has 0 spiro atoms. The van der Waals surface area contributed by atoms with Crippen molar-refractivity contribution in [3.8, 4) is 17.2 Å². The van der Waals surface area contributed by atoms with E-state index in [0.717, 1.165) is 18.4 Å². The highest BCUT2D eigenvalue weighted by atomic mass is 16.5. The fourth-order valence-electron chi connectivity index (χ4n) is 3.73. The lowest BCUT2D eigenvalue weighted by molar-refractivity contribution is -0.0864. The van der Waals surface area contributed by atoms with Crippen LogP contribution in [0.5, 0.6) is 17.2 Å². The summed E-state index contributed by atoms with van der Waals surface area (Å²) < 4.78 is 16.7. The summed E-state index contributed by atoms with van der Waals surface area (Å²) in [6.45, 7) is 1.05. The highest BCUT2D eigenvalue weighted by Crippen LogP contribution is 2.41. The topological polar surface area (TPSA) is 68.2 Å². The van der Waals surface area contributed by atoms with Crippen molar-refractivity contribution in [2.45, 2.75) is 25.0 Å². The molecule has 0 bridgehead atoms. The molecule has 2 aliphatic rings. The van der Waals surface area contributed by atoms with Crippen LogP contribution < -0.4 is 9.47 Å². The molecule has 0 radical (unpaired) electrons. The Morgan fingerprint density at radius 3 is 2.29 bits per heavy atom. The van der Waals surface area contributed by atoms with Crippen LogP contribution in [0.25, 0.3) is 0 Å². The second kappa shape index (κ2) is 7.72. The first kappa shape index (κ1) is 18.6. The van der Waals surface area contributed by atoms with Crippen LogP contribution in [0.2, 0.25) is 0 Å². The van der Waals surface area contributed by atoms with E-state index < -0.39 is 0 Å². The molecule has 148 valence electrons. The first-order valence-corrected chi connectivity index (χ1v) is 9.55. The van der Waals surface area contributed by atoms with Crippen LogP contribution in [0.3, 0.4) is 0 Å². The molecule has 0 unspecified atom stereocenters. The van der Waals surface area contributed by atoms with Crippen molar-refractivity contribution < 1.29 is 24.1 Å². The Balaban J connectivity index is 1.62. The molecule has 2 aromatic carbocycles. The van der Waals surface area contributed by atoms with Gasteiger partial charge in [-0.3, -0.25) is 4.79 Å². The summed E-state index contributed by atoms with van der Waals surface area (Å²) in [6, 6.07) is 13.1. The summed E-state index contributed by atoms with van der Waals surface area (Å²) in [5.74, 6) is 0.724. The summed E-state index contributed by atoms with van der Waals surface area (Å²) in [6.07, 6.45) is 2.19. The van der Waals surface area contributed by atoms with Crippen molar-refractivity contribution in [3.63, 3.8) is 0 Å². The van der Waals surface area contributed by atoms with E-state index in [1.807, 2.05) is 35.2 Å². The molecule has 2 atom stereocenters. The Bertz CT molecular complexity index is 824. The molecule has 6 heteroatoms. The zero-order valence-corrected chi connectivity index (χ0v) is 16.1. The second-order valence-electron chi connectivity index (χ2n) is 7.35. The van der Waals surface area contributed by atoms with Gasteiger partial charge in [-0.1, -0.05) is 30.3 Å². The van der Waals surface area contributed by atoms with Crippen LogP contribution in [0.4, 0.5) is 0 Å². The fourth-order valence-corrected chi connectivity index (χ4v) is 3.73. The lowest BCUT2D eigenvalue weighted by atomic mass is 10.0. The minimum absolute atomic E-state index is 0.0452. The van der Waals surface area contributed by atoms with Gasteiger partial charge in [-0.15, -0.1) is 0 Å². The maximum Gasteiger partial charge on any atom is 0.254 e. The van der Waals surface area contributed by atoms with Gasteiger partial charge in [-0.25, -0.2) is 0 Å². The van der Waals surface area contributed by atoms with Crippen LogP contribution in [-0.2, 0) is 4.74 Å². The average molecular weight is 383 g/mol. The van der Waals surface area contributed by atoms with E-state index in [9.17, 15) is 9.90 Å². The van der Waals surface area contributed by atoms with Gasteiger partial charge < -0.3 is 24.2 Å². The number of phenols is 1. The molecule has 1 heterocycles. The Hall–Kier alpha value is -2.73. The van der Waals surface area contributed by atoms with Gasteiger partial charge in [-0.05, 0) is 36.5 Å². The molecule has 1 N–H and O–H groups in total. The molecule has 1 aliphatic carbocycles. The van der Waals surface area contributed by atoms with E-state index in [-0.39, 0.29) is 35.4 Å². The monoisotopic (exact) mass is 383 g/mol. The summed E-state index contributed by atoms with van der Waals surface area (Å²) in [4.78, 5) is 15.1. The third kappa shape index (κ3) is 3.64. The average Bonchev–Trinajstić information content (AvgIpc) is 3.59. The Morgan fingerprint density at radius 2 is 1.71 bits per heavy atom. The van der Waals surface area contributed by atoms with Gasteiger partial charge in [0.25, 0.3) is 5.91 Å². The van der Waals surface area contributed by atoms with Crippen molar-refractivity contribution >= 4 is 5.91 Å². The number of nitrogens with zero attached hydrogens (tertiary/aromatic N) is 1. The summed E-state index contributed by atoms with van der Waals surface area (Å²) >= 11 is 0. The van der Waals surface area contributed by atoms with Crippen molar-refractivity contribution in [1.29, 1.82) is 0 Å². The number of ether oxygens (including phenoxy) is 3. The minimum Gasteiger partial charge on any atom is -0.502 e. The van der Waals surface area contributed by atoms with Gasteiger partial charge in [0.2, 0.25) is 5.75 Å². The number of morpholine rings is 1. The van der Waals surface area contributed by atoms with Crippen LogP contribution in [-0.4, -0.2) is 49.3 Å². The summed E-state index contributed by atoms with van der Waals surface area (Å²) in [5, 5.41) is 10.1. The molecule has 4 rings (SSSR count). The van der Waals surface area contributed by atoms with Gasteiger partial charge in [-0.2, -0.15) is 0 Å². The number of benzene rings is 2. The van der Waals surface area contributed by atoms with Crippen LogP contribution >= 0.6 is 0 Å². The fraction of sp³-hybridized carbons (Fsp3) is 0.409. The smallest absolute Gasteiger partial charge is 0.254 e. The van der Waals surface area contributed by atoms with Gasteiger partial charge in [0.15, 0.2) is 11.5 Å². The zero-order valence-electron chi connectivity index (χ0n) is 16.1. The maximum absolute atomic E-state index is 13.3. The van der Waals surface area contributed by atoms with E-state index in [2.05, 4.69) is 0 Å². The third-order valence-corrected chi connectivity index (χ3v) is 5.46. The Labute approximate surface area is 164 Å². The number of phenolic OH excluding ortho intramolecular Hbond substituents is 1. The largest absolute Gasteiger partial charge is 0.502 e. The molecule has 2 fully saturated rings. The number of carbonyl (C=O) groups excluding carboxylic acids is 1. The molecule has 1 saturated carbocycles. The minimum atomic E-state index is -0.148. The van der Waals surface area contributed by atoms with Crippen LogP contribution in [0.1, 0.15) is 34.9 Å². The molecule has 0 aromatic heterocycles. The molecule has 1 saturated heterocycles. The lowest BCUT2D eigenvalue weighted by Crippen LogP contribution is -2.47. The zero-order chi connectivity index (χ0) is 19.7. The number of hydrogen-bond donors (Lipinski definition) is 1. The quantitative estimate of drug-likeness (QED) is 0.857. The number of hydrogen-bond acceptors (Lipinski definition) is 5. The second-order valence-corrected chi connectivity index (χ2v) is 7.35. The standard InChI is InChI=1S/C22H25NO5/c1-26-17-10-16(11-18(27-2)21(17)24)22(25)23-12-19(14-6-4-3-5-7-14)28-20(13-23)15-8-9-15/h3-7,10-11,15,19-20,24H,8-9,12-13H2,1-2H3/t19-,20+/m0/s1. The third-order valence-electron chi connectivity index (χ3n) is 5.46. The molecular weight excluding hydrogens is 358 g/mol. The van der Waals surface area contributed by atoms with E-state index in [1.165, 1.54) is 14.2 Å². The van der Waals surface area contributed by atoms with E-state index in [4.69, 9.17) is 14.2 Å². The van der Waals surface area contributed by atoms with Crippen LogP contribution in [0.15, 0.2) is 42.5 Å². The molecule has 2 aromatic rings. The molecular formula is C22H25NO5. The highest BCUT2D eigenvalue weighted by Gasteiger charge is 2.40. The highest BCUT2D eigenvalue weighted by molar-refractivity contribution is 5.95. The number of rotatable bonds is 5. The van der Waals surface area contributed by atoms with Crippen molar-refractivity contribution in [2.75, 3.05) is 27.3 Å². The lowest BCUT2D eigenvalue weighted by Gasteiger charge is -2.38. The van der Waals surface area contributed by atoms with Crippen LogP contribution in [0, 0.1) is 5.92 Å². The predicted octanol–water partition coefficient (Wildman–Crippen LogP) is 3.40. The maximum atomic E-state index is 13.3. The molecule has 1 aliphatic heterocycles. The van der Waals surface area contributed by atoms with Gasteiger partial charge in [0, 0.05) is 12.1 Å². The van der Waals surface area contributed by atoms with E-state index in [0.29, 0.717) is 24.6 Å². The molecule has 28 heavy (non-hydrogen) atoms. The predicted molar refractivity (Wildman–Crippen MR) is 104 cm³/mol. The number of methoxy groups -OCH3 is 2. The Morgan fingerprint density at radius 1 is 1.07 bits per heavy atom. The van der Waals surface area contributed by atoms with E-state index >= 15 is 0 Å². The number of carbonyl (C=O) groups is 1. The summed E-state index contributed by atoms with van der Waals surface area (Å²) in [7, 11) is 2.90. The van der Waals surface area contributed by atoms with Crippen molar-refractivity contribution in [1.82, 2.24) is 4.90 Å².